The summed E-state index contributed by atoms with van der Waals surface area (Å²) in [7, 11) is 0. The predicted octanol–water partition coefficient (Wildman–Crippen LogP) is 1.59. The zero-order chi connectivity index (χ0) is 6.10. The van der Waals surface area contributed by atoms with E-state index in [1.807, 2.05) is 0 Å². The van der Waals surface area contributed by atoms with Crippen LogP contribution in [0.1, 0.15) is 25.7 Å². The van der Waals surface area contributed by atoms with Gasteiger partial charge in [0.1, 0.15) is 0 Å². The van der Waals surface area contributed by atoms with E-state index in [0.29, 0.717) is 0 Å². The first-order valence-corrected chi connectivity index (χ1v) is 4.87. The van der Waals surface area contributed by atoms with E-state index >= 15 is 0 Å². The summed E-state index contributed by atoms with van der Waals surface area (Å²) >= 11 is 2.12. The first-order valence-electron chi connectivity index (χ1n) is 3.82. The lowest BCUT2D eigenvalue weighted by Gasteiger charge is -2.23. The van der Waals surface area contributed by atoms with E-state index in [-0.39, 0.29) is 0 Å². The molecule has 0 aromatic rings. The van der Waals surface area contributed by atoms with Crippen LogP contribution in [0.2, 0.25) is 0 Å². The zero-order valence-electron chi connectivity index (χ0n) is 5.60. The highest BCUT2D eigenvalue weighted by molar-refractivity contribution is 8.00. The lowest BCUT2D eigenvalue weighted by molar-refractivity contribution is 0.419. The highest BCUT2D eigenvalue weighted by Crippen LogP contribution is 2.32. The molecule has 2 heteroatoms. The normalized spacial score (nSPS) is 42.7. The minimum atomic E-state index is 0.878. The van der Waals surface area contributed by atoms with Crippen molar-refractivity contribution >= 4 is 11.8 Å². The largest absolute Gasteiger partial charge is 0.304 e. The summed E-state index contributed by atoms with van der Waals surface area (Å²) in [6.45, 7) is 0. The molecule has 52 valence electrons. The van der Waals surface area contributed by atoms with Crippen LogP contribution in [0.5, 0.6) is 0 Å². The molecule has 0 aromatic carbocycles. The fourth-order valence-electron chi connectivity index (χ4n) is 1.79. The average molecular weight is 143 g/mol. The Morgan fingerprint density at radius 1 is 1.22 bits per heavy atom. The van der Waals surface area contributed by atoms with Gasteiger partial charge in [-0.1, -0.05) is 12.8 Å². The fourth-order valence-corrected chi connectivity index (χ4v) is 3.11. The van der Waals surface area contributed by atoms with Crippen LogP contribution in [0.25, 0.3) is 0 Å². The molecule has 0 aromatic heterocycles. The minimum Gasteiger partial charge on any atom is -0.304 e. The van der Waals surface area contributed by atoms with Crippen LogP contribution in [0.4, 0.5) is 0 Å². The molecular formula is C7H13NS. The second-order valence-corrected chi connectivity index (χ2v) is 4.17. The third-order valence-corrected chi connectivity index (χ3v) is 3.67. The summed E-state index contributed by atoms with van der Waals surface area (Å²) in [4.78, 5) is 0. The molecule has 2 fully saturated rings. The first kappa shape index (κ1) is 6.05. The Bertz CT molecular complexity index is 93.1. The molecular weight excluding hydrogens is 130 g/mol. The third-order valence-electron chi connectivity index (χ3n) is 2.35. The van der Waals surface area contributed by atoms with Gasteiger partial charge in [-0.05, 0) is 12.8 Å². The number of hydrogen-bond donors (Lipinski definition) is 1. The molecule has 0 radical (unpaired) electrons. The molecule has 1 N–H and O–H groups in total. The molecule has 2 atom stereocenters. The molecule has 1 saturated heterocycles. The SMILES string of the molecule is C1CC[C@H]2NCS[C@H]2C1. The number of rotatable bonds is 0. The molecule has 1 heterocycles. The Morgan fingerprint density at radius 3 is 3.00 bits per heavy atom. The Kier molecular flexibility index (Phi) is 1.68. The topological polar surface area (TPSA) is 12.0 Å². The highest BCUT2D eigenvalue weighted by Gasteiger charge is 2.29. The standard InChI is InChI=1S/C7H13NS/c1-2-4-7-6(3-1)8-5-9-7/h6-8H,1-5H2/t6-,7+/m1/s1. The van der Waals surface area contributed by atoms with Gasteiger partial charge in [-0.2, -0.15) is 0 Å². The quantitative estimate of drug-likeness (QED) is 0.552. The maximum Gasteiger partial charge on any atom is 0.0423 e. The second-order valence-electron chi connectivity index (χ2n) is 2.94. The highest BCUT2D eigenvalue weighted by atomic mass is 32.2. The molecule has 0 amide bonds. The summed E-state index contributed by atoms with van der Waals surface area (Å²) < 4.78 is 0. The predicted molar refractivity (Wildman–Crippen MR) is 41.6 cm³/mol. The maximum absolute atomic E-state index is 3.52. The molecule has 1 aliphatic carbocycles. The van der Waals surface area contributed by atoms with Crippen LogP contribution in [0.3, 0.4) is 0 Å². The zero-order valence-corrected chi connectivity index (χ0v) is 6.41. The summed E-state index contributed by atoms with van der Waals surface area (Å²) in [6, 6.07) is 0.878. The van der Waals surface area contributed by atoms with Crippen molar-refractivity contribution < 1.29 is 0 Å². The smallest absolute Gasteiger partial charge is 0.0423 e. The van der Waals surface area contributed by atoms with Crippen molar-refractivity contribution in [2.45, 2.75) is 37.0 Å². The minimum absolute atomic E-state index is 0.878. The summed E-state index contributed by atoms with van der Waals surface area (Å²) in [5.41, 5.74) is 0. The molecule has 0 bridgehead atoms. The molecule has 0 unspecified atom stereocenters. The lowest BCUT2D eigenvalue weighted by Crippen LogP contribution is -2.32. The second kappa shape index (κ2) is 2.51. The molecule has 1 nitrogen and oxygen atoms in total. The Balaban J connectivity index is 1.97. The van der Waals surface area contributed by atoms with E-state index in [4.69, 9.17) is 0 Å². The van der Waals surface area contributed by atoms with E-state index < -0.39 is 0 Å². The molecule has 9 heavy (non-hydrogen) atoms. The van der Waals surface area contributed by atoms with Gasteiger partial charge in [-0.25, -0.2) is 0 Å². The van der Waals surface area contributed by atoms with Gasteiger partial charge in [0, 0.05) is 17.2 Å². The van der Waals surface area contributed by atoms with Crippen molar-refractivity contribution in [3.63, 3.8) is 0 Å². The van der Waals surface area contributed by atoms with Crippen LogP contribution in [0.15, 0.2) is 0 Å². The van der Waals surface area contributed by atoms with E-state index in [2.05, 4.69) is 17.1 Å². The van der Waals surface area contributed by atoms with Crippen molar-refractivity contribution in [2.24, 2.45) is 0 Å². The molecule has 2 rings (SSSR count). The molecule has 2 aliphatic rings. The summed E-state index contributed by atoms with van der Waals surface area (Å²) in [5.74, 6) is 1.20. The van der Waals surface area contributed by atoms with Crippen LogP contribution in [0, 0.1) is 0 Å². The van der Waals surface area contributed by atoms with Crippen molar-refractivity contribution in [1.29, 1.82) is 0 Å². The van der Waals surface area contributed by atoms with E-state index in [0.717, 1.165) is 11.3 Å². The van der Waals surface area contributed by atoms with Crippen LogP contribution < -0.4 is 5.32 Å². The van der Waals surface area contributed by atoms with Gasteiger partial charge in [-0.3, -0.25) is 0 Å². The number of fused-ring (bicyclic) bond motifs is 1. The van der Waals surface area contributed by atoms with E-state index in [1.165, 1.54) is 31.6 Å². The summed E-state index contributed by atoms with van der Waals surface area (Å²) in [5, 5.41) is 4.49. The third kappa shape index (κ3) is 1.10. The van der Waals surface area contributed by atoms with Crippen molar-refractivity contribution in [2.75, 3.05) is 5.88 Å². The monoisotopic (exact) mass is 143 g/mol. The summed E-state index contributed by atoms with van der Waals surface area (Å²) in [6.07, 6.45) is 5.81. The van der Waals surface area contributed by atoms with Crippen LogP contribution in [-0.4, -0.2) is 17.2 Å². The Hall–Kier alpha value is 0.310. The van der Waals surface area contributed by atoms with Crippen molar-refractivity contribution in [1.82, 2.24) is 5.32 Å². The van der Waals surface area contributed by atoms with E-state index in [9.17, 15) is 0 Å². The first-order chi connectivity index (χ1) is 4.47. The maximum atomic E-state index is 3.52. The average Bonchev–Trinajstić information content (AvgIpc) is 2.33. The Morgan fingerprint density at radius 2 is 2.11 bits per heavy atom. The Labute approximate surface area is 60.6 Å². The van der Waals surface area contributed by atoms with Crippen molar-refractivity contribution in [3.05, 3.63) is 0 Å². The van der Waals surface area contributed by atoms with Crippen LogP contribution in [-0.2, 0) is 0 Å². The van der Waals surface area contributed by atoms with Gasteiger partial charge in [0.15, 0.2) is 0 Å². The number of hydrogen-bond acceptors (Lipinski definition) is 2. The number of nitrogens with one attached hydrogen (secondary N) is 1. The fraction of sp³-hybridized carbons (Fsp3) is 1.00. The molecule has 1 saturated carbocycles. The van der Waals surface area contributed by atoms with Gasteiger partial charge >= 0.3 is 0 Å². The van der Waals surface area contributed by atoms with Crippen molar-refractivity contribution in [3.8, 4) is 0 Å². The van der Waals surface area contributed by atoms with Crippen LogP contribution >= 0.6 is 11.8 Å². The molecule has 0 spiro atoms. The molecule has 1 aliphatic heterocycles. The van der Waals surface area contributed by atoms with Gasteiger partial charge in [0.2, 0.25) is 0 Å². The van der Waals surface area contributed by atoms with E-state index in [1.54, 1.807) is 0 Å². The number of thioether (sulfide) groups is 1. The lowest BCUT2D eigenvalue weighted by atomic mass is 9.95. The van der Waals surface area contributed by atoms with Gasteiger partial charge in [0.05, 0.1) is 0 Å². The van der Waals surface area contributed by atoms with Gasteiger partial charge in [-0.15, -0.1) is 11.8 Å². The van der Waals surface area contributed by atoms with Gasteiger partial charge in [0.25, 0.3) is 0 Å². The van der Waals surface area contributed by atoms with Gasteiger partial charge < -0.3 is 5.32 Å².